The van der Waals surface area contributed by atoms with Gasteiger partial charge in [-0.3, -0.25) is 4.18 Å². The summed E-state index contributed by atoms with van der Waals surface area (Å²) in [4.78, 5) is 4.58. The molecule has 1 unspecified atom stereocenters. The first-order valence-corrected chi connectivity index (χ1v) is 14.9. The molecule has 0 saturated heterocycles. The average Bonchev–Trinajstić information content (AvgIpc) is 3.16. The van der Waals surface area contributed by atoms with E-state index in [1.54, 1.807) is 0 Å². The zero-order valence-electron chi connectivity index (χ0n) is 22.3. The van der Waals surface area contributed by atoms with Gasteiger partial charge in [-0.15, -0.1) is 0 Å². The summed E-state index contributed by atoms with van der Waals surface area (Å²) >= 11 is 0. The van der Waals surface area contributed by atoms with Crippen molar-refractivity contribution in [1.82, 2.24) is 0 Å². The number of aliphatic hydroxyl groups is 1. The summed E-state index contributed by atoms with van der Waals surface area (Å²) in [6.45, 7) is 10.2. The highest BCUT2D eigenvalue weighted by Gasteiger charge is 2.32. The molecule has 7 nitrogen and oxygen atoms in total. The highest BCUT2D eigenvalue weighted by molar-refractivity contribution is 7.80. The zero-order valence-corrected chi connectivity index (χ0v) is 23.2. The predicted octanol–water partition coefficient (Wildman–Crippen LogP) is 6.30. The summed E-state index contributed by atoms with van der Waals surface area (Å²) in [5.41, 5.74) is 0. The summed E-state index contributed by atoms with van der Waals surface area (Å²) in [5, 5.41) is 9.34. The van der Waals surface area contributed by atoms with Gasteiger partial charge in [-0.1, -0.05) is 90.9 Å². The van der Waals surface area contributed by atoms with Crippen molar-refractivity contribution in [2.45, 2.75) is 118 Å². The smallest absolute Gasteiger partial charge is 0.217 e. The average molecular weight is 505 g/mol. The molecule has 0 aliphatic carbocycles. The highest BCUT2D eigenvalue weighted by atomic mass is 32.3. The van der Waals surface area contributed by atoms with Crippen molar-refractivity contribution in [2.24, 2.45) is 10.9 Å². The van der Waals surface area contributed by atoms with E-state index in [1.165, 1.54) is 96.2 Å². The van der Waals surface area contributed by atoms with Gasteiger partial charge in [0.2, 0.25) is 16.2 Å². The van der Waals surface area contributed by atoms with Crippen molar-refractivity contribution in [3.05, 3.63) is 12.4 Å². The molecule has 202 valence electrons. The Balaban J connectivity index is 0.00000135. The van der Waals surface area contributed by atoms with Gasteiger partial charge in [-0.05, 0) is 26.2 Å². The Morgan fingerprint density at radius 3 is 1.82 bits per heavy atom. The molecule has 1 rings (SSSR count). The maximum atomic E-state index is 9.45. The SMILES string of the molecule is CCOS(=O)(=O)[O-].CC[N+]1(CCO)C=CN=C1CCCCCCCCCCCCCCC(C)C. The first-order chi connectivity index (χ1) is 16.2. The van der Waals surface area contributed by atoms with Crippen molar-refractivity contribution in [2.75, 3.05) is 26.3 Å². The molecular formula is C26H52N2O5S. The van der Waals surface area contributed by atoms with Gasteiger partial charge < -0.3 is 9.66 Å². The fraction of sp³-hybridized carbons (Fsp3) is 0.885. The Morgan fingerprint density at radius 1 is 0.941 bits per heavy atom. The number of likely N-dealkylation sites (N-methyl/N-ethyl adjacent to an activating group) is 1. The number of aliphatic imine (C=N–C) groups is 1. The van der Waals surface area contributed by atoms with Gasteiger partial charge in [0.05, 0.1) is 26.0 Å². The molecule has 1 aliphatic rings. The van der Waals surface area contributed by atoms with Gasteiger partial charge in [-0.25, -0.2) is 17.9 Å². The number of unbranched alkanes of at least 4 members (excludes halogenated alkanes) is 11. The van der Waals surface area contributed by atoms with Crippen molar-refractivity contribution in [3.8, 4) is 0 Å². The van der Waals surface area contributed by atoms with Crippen LogP contribution in [0.2, 0.25) is 0 Å². The maximum Gasteiger partial charge on any atom is 0.217 e. The number of rotatable bonds is 20. The van der Waals surface area contributed by atoms with Crippen LogP contribution in [0.3, 0.4) is 0 Å². The minimum absolute atomic E-state index is 0.0914. The fourth-order valence-electron chi connectivity index (χ4n) is 4.31. The van der Waals surface area contributed by atoms with Crippen LogP contribution in [-0.4, -0.2) is 54.7 Å². The van der Waals surface area contributed by atoms with Crippen LogP contribution in [0.25, 0.3) is 0 Å². The van der Waals surface area contributed by atoms with Crippen LogP contribution in [0.15, 0.2) is 17.4 Å². The summed E-state index contributed by atoms with van der Waals surface area (Å²) in [7, 11) is -4.42. The Bertz CT molecular complexity index is 650. The molecule has 0 aromatic rings. The maximum absolute atomic E-state index is 9.45. The molecule has 1 N–H and O–H groups in total. The largest absolute Gasteiger partial charge is 0.726 e. The van der Waals surface area contributed by atoms with Gasteiger partial charge in [0, 0.05) is 6.42 Å². The van der Waals surface area contributed by atoms with E-state index in [9.17, 15) is 18.1 Å². The van der Waals surface area contributed by atoms with Crippen molar-refractivity contribution >= 4 is 16.2 Å². The quantitative estimate of drug-likeness (QED) is 0.0908. The third-order valence-corrected chi connectivity index (χ3v) is 6.87. The van der Waals surface area contributed by atoms with Crippen molar-refractivity contribution < 1.29 is 26.7 Å². The van der Waals surface area contributed by atoms with Crippen LogP contribution in [0.4, 0.5) is 0 Å². The molecule has 0 aromatic heterocycles. The van der Waals surface area contributed by atoms with Crippen LogP contribution in [-0.2, 0) is 14.6 Å². The molecule has 1 aliphatic heterocycles. The van der Waals surface area contributed by atoms with E-state index in [0.29, 0.717) is 0 Å². The molecule has 1 heterocycles. The summed E-state index contributed by atoms with van der Waals surface area (Å²) < 4.78 is 32.8. The Morgan fingerprint density at radius 2 is 1.44 bits per heavy atom. The molecule has 0 aromatic carbocycles. The summed E-state index contributed by atoms with van der Waals surface area (Å²) in [6.07, 6.45) is 23.3. The molecular weight excluding hydrogens is 452 g/mol. The zero-order chi connectivity index (χ0) is 25.7. The normalized spacial score (nSPS) is 17.7. The summed E-state index contributed by atoms with van der Waals surface area (Å²) in [6, 6.07) is 0. The van der Waals surface area contributed by atoms with Gasteiger partial charge >= 0.3 is 0 Å². The third-order valence-electron chi connectivity index (χ3n) is 6.35. The molecule has 34 heavy (non-hydrogen) atoms. The van der Waals surface area contributed by atoms with E-state index in [2.05, 4.69) is 36.1 Å². The predicted molar refractivity (Wildman–Crippen MR) is 140 cm³/mol. The first kappa shape index (κ1) is 33.2. The van der Waals surface area contributed by atoms with Gasteiger partial charge in [0.25, 0.3) is 0 Å². The second kappa shape index (κ2) is 20.4. The van der Waals surface area contributed by atoms with E-state index in [1.807, 2.05) is 6.20 Å². The van der Waals surface area contributed by atoms with Crippen LogP contribution in [0.1, 0.15) is 118 Å². The minimum atomic E-state index is -4.42. The van der Waals surface area contributed by atoms with E-state index < -0.39 is 10.4 Å². The van der Waals surface area contributed by atoms with E-state index in [0.717, 1.165) is 29.9 Å². The van der Waals surface area contributed by atoms with Crippen LogP contribution in [0, 0.1) is 5.92 Å². The number of amidine groups is 1. The minimum Gasteiger partial charge on any atom is -0.726 e. The molecule has 0 bridgehead atoms. The molecule has 1 atom stereocenters. The molecule has 0 spiro atoms. The number of hydrogen-bond donors (Lipinski definition) is 1. The van der Waals surface area contributed by atoms with Gasteiger partial charge in [0.1, 0.15) is 12.7 Å². The lowest BCUT2D eigenvalue weighted by molar-refractivity contribution is -0.786. The molecule has 8 heteroatoms. The van der Waals surface area contributed by atoms with E-state index >= 15 is 0 Å². The monoisotopic (exact) mass is 504 g/mol. The third kappa shape index (κ3) is 17.6. The lowest BCUT2D eigenvalue weighted by atomic mass is 10.0. The van der Waals surface area contributed by atoms with Crippen molar-refractivity contribution in [1.29, 1.82) is 0 Å². The van der Waals surface area contributed by atoms with Gasteiger partial charge in [0.15, 0.2) is 0 Å². The lowest BCUT2D eigenvalue weighted by Gasteiger charge is -2.30. The first-order valence-electron chi connectivity index (χ1n) is 13.5. The molecule has 0 saturated carbocycles. The second-order valence-corrected chi connectivity index (χ2v) is 10.7. The molecule has 0 radical (unpaired) electrons. The van der Waals surface area contributed by atoms with Crippen LogP contribution < -0.4 is 0 Å². The molecule has 0 amide bonds. The Kier molecular flexibility index (Phi) is 19.9. The second-order valence-electron chi connectivity index (χ2n) is 9.63. The Labute approximate surface area is 210 Å². The van der Waals surface area contributed by atoms with Crippen LogP contribution >= 0.6 is 0 Å². The topological polar surface area (TPSA) is 99.0 Å². The molecule has 0 fully saturated rings. The van der Waals surface area contributed by atoms with E-state index in [4.69, 9.17) is 0 Å². The number of aliphatic hydroxyl groups excluding tert-OH is 1. The number of hydrogen-bond acceptors (Lipinski definition) is 6. The lowest BCUT2D eigenvalue weighted by Crippen LogP contribution is -2.48. The fourth-order valence-corrected chi connectivity index (χ4v) is 4.60. The number of nitrogens with zero attached hydrogens (tertiary/aromatic N) is 2. The summed E-state index contributed by atoms with van der Waals surface area (Å²) in [5.74, 6) is 2.13. The highest BCUT2D eigenvalue weighted by Crippen LogP contribution is 2.21. The number of quaternary nitrogens is 1. The van der Waals surface area contributed by atoms with Gasteiger partial charge in [-0.2, -0.15) is 0 Å². The van der Waals surface area contributed by atoms with Crippen LogP contribution in [0.5, 0.6) is 0 Å². The van der Waals surface area contributed by atoms with E-state index in [-0.39, 0.29) is 13.2 Å². The Hall–Kier alpha value is -0.800. The standard InChI is InChI=1S/C24H47N2O.C2H6O4S/c1-4-26(21-22-27)20-19-25-24(26)18-16-14-12-10-8-6-5-7-9-11-13-15-17-23(2)3;1-2-6-7(3,4)5/h19-20,23,27H,4-18,21-22H2,1-3H3;2H2,1H3,(H,3,4,5)/q+1;/p-1. The van der Waals surface area contributed by atoms with Crippen molar-refractivity contribution in [3.63, 3.8) is 0 Å².